The fraction of sp³-hybridized carbons (Fsp3) is 0.850. The van der Waals surface area contributed by atoms with Gasteiger partial charge in [-0.15, -0.1) is 0 Å². The van der Waals surface area contributed by atoms with Crippen molar-refractivity contribution < 1.29 is 33.7 Å². The van der Waals surface area contributed by atoms with E-state index in [0.717, 1.165) is 32.1 Å². The molecule has 7 nitrogen and oxygen atoms in total. The van der Waals surface area contributed by atoms with Gasteiger partial charge < -0.3 is 19.3 Å². The van der Waals surface area contributed by atoms with Crippen LogP contribution in [0.2, 0.25) is 0 Å². The van der Waals surface area contributed by atoms with E-state index in [0.29, 0.717) is 24.7 Å². The van der Waals surface area contributed by atoms with E-state index in [2.05, 4.69) is 0 Å². The molecule has 152 valence electrons. The Bertz CT molecular complexity index is 585. The molecule has 0 radical (unpaired) electrons. The van der Waals surface area contributed by atoms with Crippen LogP contribution in [0.25, 0.3) is 0 Å². The zero-order valence-corrected chi connectivity index (χ0v) is 16.2. The molecule has 0 amide bonds. The van der Waals surface area contributed by atoms with Crippen molar-refractivity contribution in [2.24, 2.45) is 23.2 Å². The van der Waals surface area contributed by atoms with E-state index in [-0.39, 0.29) is 17.9 Å². The van der Waals surface area contributed by atoms with Gasteiger partial charge in [0, 0.05) is 6.61 Å². The second kappa shape index (κ2) is 7.78. The van der Waals surface area contributed by atoms with Crippen LogP contribution in [0.5, 0.6) is 0 Å². The third kappa shape index (κ3) is 4.45. The van der Waals surface area contributed by atoms with Gasteiger partial charge in [-0.25, -0.2) is 9.59 Å². The molecule has 7 heteroatoms. The Morgan fingerprint density at radius 3 is 2.26 bits per heavy atom. The lowest BCUT2D eigenvalue weighted by atomic mass is 9.48. The van der Waals surface area contributed by atoms with Gasteiger partial charge in [0.2, 0.25) is 0 Å². The molecule has 0 saturated heterocycles. The highest BCUT2D eigenvalue weighted by Gasteiger charge is 2.59. The quantitative estimate of drug-likeness (QED) is 0.506. The number of esters is 3. The number of aliphatic hydroxyl groups is 1. The summed E-state index contributed by atoms with van der Waals surface area (Å²) in [5, 5.41) is 9.87. The molecular formula is C20H30O7. The Hall–Kier alpha value is -1.63. The van der Waals surface area contributed by atoms with Crippen LogP contribution in [0, 0.1) is 23.2 Å². The summed E-state index contributed by atoms with van der Waals surface area (Å²) in [6.07, 6.45) is 6.15. The van der Waals surface area contributed by atoms with Gasteiger partial charge in [-0.05, 0) is 62.2 Å². The number of aliphatic hydroxyl groups excluding tert-OH is 1. The lowest BCUT2D eigenvalue weighted by molar-refractivity contribution is -0.210. The molecule has 3 unspecified atom stereocenters. The zero-order valence-electron chi connectivity index (χ0n) is 16.2. The molecule has 1 N–H and O–H groups in total. The highest BCUT2D eigenvalue weighted by atomic mass is 16.6. The molecule has 4 bridgehead atoms. The molecule has 0 aliphatic heterocycles. The summed E-state index contributed by atoms with van der Waals surface area (Å²) in [6.45, 7) is 2.72. The van der Waals surface area contributed by atoms with Gasteiger partial charge in [-0.3, -0.25) is 4.79 Å². The summed E-state index contributed by atoms with van der Waals surface area (Å²) < 4.78 is 15.5. The molecule has 4 saturated carbocycles. The maximum atomic E-state index is 12.2. The van der Waals surface area contributed by atoms with Crippen molar-refractivity contribution in [3.63, 3.8) is 0 Å². The molecule has 4 fully saturated rings. The molecule has 4 aliphatic carbocycles. The molecule has 0 aromatic heterocycles. The zero-order chi connectivity index (χ0) is 19.7. The predicted molar refractivity (Wildman–Crippen MR) is 94.4 cm³/mol. The average molecular weight is 382 g/mol. The van der Waals surface area contributed by atoms with E-state index in [1.807, 2.05) is 6.92 Å². The topological polar surface area (TPSA) is 99.1 Å². The van der Waals surface area contributed by atoms with Crippen LogP contribution in [0.1, 0.15) is 58.8 Å². The summed E-state index contributed by atoms with van der Waals surface area (Å²) in [6, 6.07) is 0. The first-order chi connectivity index (χ1) is 12.8. The van der Waals surface area contributed by atoms with Crippen molar-refractivity contribution >= 4 is 17.9 Å². The second-order valence-corrected chi connectivity index (χ2v) is 8.85. The smallest absolute Gasteiger partial charge is 0.344 e. The maximum absolute atomic E-state index is 12.2. The molecule has 27 heavy (non-hydrogen) atoms. The third-order valence-electron chi connectivity index (χ3n) is 6.49. The van der Waals surface area contributed by atoms with Gasteiger partial charge in [-0.2, -0.15) is 0 Å². The van der Waals surface area contributed by atoms with Gasteiger partial charge >= 0.3 is 17.9 Å². The largest absolute Gasteiger partial charge is 0.457 e. The average Bonchev–Trinajstić information content (AvgIpc) is 2.62. The Labute approximate surface area is 159 Å². The Morgan fingerprint density at radius 1 is 1.04 bits per heavy atom. The number of carbonyl (C=O) groups is 3. The van der Waals surface area contributed by atoms with Gasteiger partial charge in [0.05, 0.1) is 5.92 Å². The number of hydrogen-bond donors (Lipinski definition) is 1. The number of rotatable bonds is 8. The molecule has 0 aromatic rings. The molecule has 4 aliphatic rings. The molecule has 0 spiro atoms. The van der Waals surface area contributed by atoms with Crippen LogP contribution in [-0.4, -0.2) is 48.4 Å². The first kappa shape index (κ1) is 20.1. The van der Waals surface area contributed by atoms with E-state index in [4.69, 9.17) is 14.2 Å². The summed E-state index contributed by atoms with van der Waals surface area (Å²) in [4.78, 5) is 35.5. The highest BCUT2D eigenvalue weighted by Crippen LogP contribution is 2.62. The van der Waals surface area contributed by atoms with Gasteiger partial charge in [0.15, 0.2) is 13.2 Å². The Morgan fingerprint density at radius 2 is 1.67 bits per heavy atom. The normalized spacial score (nSPS) is 34.8. The van der Waals surface area contributed by atoms with E-state index < -0.39 is 36.7 Å². The van der Waals surface area contributed by atoms with Crippen LogP contribution < -0.4 is 0 Å². The van der Waals surface area contributed by atoms with Crippen LogP contribution in [0.3, 0.4) is 0 Å². The fourth-order valence-electron chi connectivity index (χ4n) is 5.56. The minimum Gasteiger partial charge on any atom is -0.457 e. The number of ether oxygens (including phenoxy) is 3. The van der Waals surface area contributed by atoms with Gasteiger partial charge in [-0.1, -0.05) is 13.8 Å². The molecule has 3 atom stereocenters. The standard InChI is InChI=1S/C20H30O7/c1-3-13(2)18(24)26-9-16(22)25-10-17(23)27-20-7-14-4-15(8-20)6-19(5-14,11-20)12-21/h13-15,21H,3-12H2,1-2H3. The monoisotopic (exact) mass is 382 g/mol. The van der Waals surface area contributed by atoms with Crippen LogP contribution >= 0.6 is 0 Å². The lowest BCUT2D eigenvalue weighted by Gasteiger charge is -2.60. The summed E-state index contributed by atoms with van der Waals surface area (Å²) in [5.74, 6) is -1.09. The summed E-state index contributed by atoms with van der Waals surface area (Å²) in [7, 11) is 0. The molecule has 0 aromatic carbocycles. The molecular weight excluding hydrogens is 352 g/mol. The predicted octanol–water partition coefficient (Wildman–Crippen LogP) is 1.99. The van der Waals surface area contributed by atoms with E-state index in [1.165, 1.54) is 0 Å². The van der Waals surface area contributed by atoms with Crippen LogP contribution in [0.4, 0.5) is 0 Å². The van der Waals surface area contributed by atoms with Crippen molar-refractivity contribution in [1.29, 1.82) is 0 Å². The van der Waals surface area contributed by atoms with Gasteiger partial charge in [0.25, 0.3) is 0 Å². The van der Waals surface area contributed by atoms with Crippen molar-refractivity contribution in [2.45, 2.75) is 64.4 Å². The van der Waals surface area contributed by atoms with E-state index in [9.17, 15) is 19.5 Å². The number of carbonyl (C=O) groups excluding carboxylic acids is 3. The highest BCUT2D eigenvalue weighted by molar-refractivity contribution is 5.80. The maximum Gasteiger partial charge on any atom is 0.344 e. The summed E-state index contributed by atoms with van der Waals surface area (Å²) in [5.41, 5.74) is -0.648. The molecule has 0 heterocycles. The van der Waals surface area contributed by atoms with Crippen molar-refractivity contribution in [1.82, 2.24) is 0 Å². The first-order valence-electron chi connectivity index (χ1n) is 9.94. The fourth-order valence-corrected chi connectivity index (χ4v) is 5.56. The SMILES string of the molecule is CCC(C)C(=O)OCC(=O)OCC(=O)OC12CC3CC(CC(CO)(C3)C1)C2. The van der Waals surface area contributed by atoms with Crippen molar-refractivity contribution in [2.75, 3.05) is 19.8 Å². The Balaban J connectivity index is 1.46. The van der Waals surface area contributed by atoms with Crippen LogP contribution in [0.15, 0.2) is 0 Å². The first-order valence-corrected chi connectivity index (χ1v) is 9.94. The lowest BCUT2D eigenvalue weighted by Crippen LogP contribution is -2.58. The minimum atomic E-state index is -0.763. The number of hydrogen-bond acceptors (Lipinski definition) is 7. The minimum absolute atomic E-state index is 0.120. The molecule has 4 rings (SSSR count). The van der Waals surface area contributed by atoms with E-state index >= 15 is 0 Å². The second-order valence-electron chi connectivity index (χ2n) is 8.85. The summed E-state index contributed by atoms with van der Waals surface area (Å²) >= 11 is 0. The van der Waals surface area contributed by atoms with E-state index in [1.54, 1.807) is 6.92 Å². The van der Waals surface area contributed by atoms with Crippen molar-refractivity contribution in [3.8, 4) is 0 Å². The van der Waals surface area contributed by atoms with Crippen LogP contribution in [-0.2, 0) is 28.6 Å². The third-order valence-corrected chi connectivity index (χ3v) is 6.49. The Kier molecular flexibility index (Phi) is 5.79. The van der Waals surface area contributed by atoms with Crippen molar-refractivity contribution in [3.05, 3.63) is 0 Å². The van der Waals surface area contributed by atoms with Gasteiger partial charge in [0.1, 0.15) is 5.60 Å².